The molecule has 2 heterocycles. The molecule has 3 aromatic carbocycles. The van der Waals surface area contributed by atoms with Gasteiger partial charge in [0.2, 0.25) is 0 Å². The average Bonchev–Trinajstić information content (AvgIpc) is 3.30. The van der Waals surface area contributed by atoms with Gasteiger partial charge in [0.25, 0.3) is 5.56 Å². The Morgan fingerprint density at radius 2 is 1.76 bits per heavy atom. The van der Waals surface area contributed by atoms with Gasteiger partial charge in [-0.1, -0.05) is 55.0 Å². The van der Waals surface area contributed by atoms with Crippen molar-refractivity contribution >= 4 is 34.2 Å². The summed E-state index contributed by atoms with van der Waals surface area (Å²) in [5.74, 6) is 1.31. The lowest BCUT2D eigenvalue weighted by Gasteiger charge is -2.28. The molecule has 41 heavy (non-hydrogen) atoms. The van der Waals surface area contributed by atoms with E-state index in [4.69, 9.17) is 23.9 Å². The Kier molecular flexibility index (Phi) is 8.26. The Balaban J connectivity index is 1.88. The molecule has 1 unspecified atom stereocenters. The van der Waals surface area contributed by atoms with E-state index < -0.39 is 12.0 Å². The van der Waals surface area contributed by atoms with Crippen LogP contribution in [0.4, 0.5) is 0 Å². The first-order valence-corrected chi connectivity index (χ1v) is 14.3. The minimum Gasteiger partial charge on any atom is -0.497 e. The van der Waals surface area contributed by atoms with Crippen molar-refractivity contribution in [3.05, 3.63) is 96.7 Å². The average molecular weight is 573 g/mol. The molecule has 0 aliphatic carbocycles. The van der Waals surface area contributed by atoms with Crippen LogP contribution in [0.15, 0.2) is 75.7 Å². The fraction of sp³-hybridized carbons (Fsp3) is 0.281. The van der Waals surface area contributed by atoms with Gasteiger partial charge in [-0.3, -0.25) is 9.36 Å². The first kappa shape index (κ1) is 28.2. The molecule has 0 N–H and O–H groups in total. The summed E-state index contributed by atoms with van der Waals surface area (Å²) in [6.45, 7) is 3.99. The number of ether oxygens (including phenoxy) is 4. The fourth-order valence-electron chi connectivity index (χ4n) is 5.22. The number of hydrogen-bond acceptors (Lipinski definition) is 8. The van der Waals surface area contributed by atoms with E-state index >= 15 is 0 Å². The lowest BCUT2D eigenvalue weighted by Crippen LogP contribution is -2.40. The van der Waals surface area contributed by atoms with Gasteiger partial charge < -0.3 is 18.9 Å². The molecule has 1 atom stereocenters. The van der Waals surface area contributed by atoms with Crippen molar-refractivity contribution in [3.63, 3.8) is 0 Å². The van der Waals surface area contributed by atoms with Gasteiger partial charge in [-0.05, 0) is 54.5 Å². The number of carbonyl (C=O) groups is 1. The lowest BCUT2D eigenvalue weighted by molar-refractivity contribution is -0.139. The van der Waals surface area contributed by atoms with Crippen LogP contribution in [0.1, 0.15) is 43.9 Å². The van der Waals surface area contributed by atoms with Gasteiger partial charge in [-0.2, -0.15) is 0 Å². The van der Waals surface area contributed by atoms with Gasteiger partial charge >= 0.3 is 5.97 Å². The highest BCUT2D eigenvalue weighted by Gasteiger charge is 2.37. The topological polar surface area (TPSA) is 88.4 Å². The molecule has 0 radical (unpaired) electrons. The Morgan fingerprint density at radius 1 is 1.00 bits per heavy atom. The first-order valence-electron chi connectivity index (χ1n) is 13.4. The van der Waals surface area contributed by atoms with E-state index in [9.17, 15) is 9.59 Å². The minimum atomic E-state index is -0.803. The van der Waals surface area contributed by atoms with Crippen molar-refractivity contribution in [2.45, 2.75) is 32.7 Å². The fourth-order valence-corrected chi connectivity index (χ4v) is 6.23. The van der Waals surface area contributed by atoms with Crippen molar-refractivity contribution in [1.82, 2.24) is 4.57 Å². The summed E-state index contributed by atoms with van der Waals surface area (Å²) < 4.78 is 24.4. The van der Waals surface area contributed by atoms with Crippen molar-refractivity contribution in [2.75, 3.05) is 27.9 Å². The van der Waals surface area contributed by atoms with Gasteiger partial charge in [-0.15, -0.1) is 0 Å². The quantitative estimate of drug-likeness (QED) is 0.269. The van der Waals surface area contributed by atoms with E-state index in [0.29, 0.717) is 55.4 Å². The number of nitrogens with zero attached hydrogens (tertiary/aromatic N) is 2. The number of esters is 1. The van der Waals surface area contributed by atoms with Crippen LogP contribution in [0.3, 0.4) is 0 Å². The molecule has 5 rings (SSSR count). The largest absolute Gasteiger partial charge is 0.497 e. The number of benzene rings is 3. The predicted octanol–water partition coefficient (Wildman–Crippen LogP) is 4.76. The predicted molar refractivity (Wildman–Crippen MR) is 160 cm³/mol. The molecule has 0 saturated carbocycles. The molecular formula is C32H32N2O6S. The zero-order chi connectivity index (χ0) is 29.1. The van der Waals surface area contributed by atoms with Crippen LogP contribution >= 0.6 is 11.3 Å². The van der Waals surface area contributed by atoms with Gasteiger partial charge in [0, 0.05) is 11.1 Å². The standard InChI is InChI=1S/C32H32N2O6S/c1-6-10-23-28(31(36)40-7-2)29(27-22-12-9-8-11-19(22)13-15-25(27)39-5)34-30(35)26(41-32(34)33-23)18-20-17-21(37-3)14-16-24(20)38-4/h8-9,11-18,29H,6-7,10H2,1-5H3. The minimum absolute atomic E-state index is 0.196. The van der Waals surface area contributed by atoms with Gasteiger partial charge in [0.15, 0.2) is 4.80 Å². The third kappa shape index (κ3) is 5.13. The van der Waals surface area contributed by atoms with Crippen LogP contribution in [-0.2, 0) is 9.53 Å². The Labute approximate surface area is 241 Å². The first-order chi connectivity index (χ1) is 19.9. The number of fused-ring (bicyclic) bond motifs is 2. The molecule has 1 aliphatic rings. The number of rotatable bonds is 9. The molecule has 0 bridgehead atoms. The second-order valence-electron chi connectivity index (χ2n) is 9.42. The van der Waals surface area contributed by atoms with E-state index in [0.717, 1.165) is 17.2 Å². The maximum Gasteiger partial charge on any atom is 0.338 e. The number of methoxy groups -OCH3 is 3. The van der Waals surface area contributed by atoms with Gasteiger partial charge in [-0.25, -0.2) is 9.79 Å². The number of thiazole rings is 1. The normalized spacial score (nSPS) is 15.0. The molecule has 212 valence electrons. The SMILES string of the molecule is CCCC1=C(C(=O)OCC)C(c2c(OC)ccc3ccccc23)n2c(sc(=Cc3cc(OC)ccc3OC)c2=O)=N1. The second kappa shape index (κ2) is 12.0. The summed E-state index contributed by atoms with van der Waals surface area (Å²) in [5.41, 5.74) is 2.08. The van der Waals surface area contributed by atoms with E-state index in [2.05, 4.69) is 0 Å². The molecule has 0 saturated heterocycles. The molecule has 9 heteroatoms. The Hall–Kier alpha value is -4.37. The highest BCUT2D eigenvalue weighted by Crippen LogP contribution is 2.41. The maximum absolute atomic E-state index is 14.3. The summed E-state index contributed by atoms with van der Waals surface area (Å²) in [7, 11) is 4.76. The third-order valence-electron chi connectivity index (χ3n) is 7.04. The summed E-state index contributed by atoms with van der Waals surface area (Å²) in [4.78, 5) is 33.3. The molecule has 1 aromatic heterocycles. The number of aromatic nitrogens is 1. The monoisotopic (exact) mass is 572 g/mol. The van der Waals surface area contributed by atoms with Crippen molar-refractivity contribution in [3.8, 4) is 17.2 Å². The number of carbonyl (C=O) groups excluding carboxylic acids is 1. The summed E-state index contributed by atoms with van der Waals surface area (Å²) >= 11 is 1.27. The zero-order valence-corrected chi connectivity index (χ0v) is 24.5. The zero-order valence-electron chi connectivity index (χ0n) is 23.7. The number of allylic oxidation sites excluding steroid dienone is 1. The van der Waals surface area contributed by atoms with Crippen LogP contribution in [0.2, 0.25) is 0 Å². The van der Waals surface area contributed by atoms with Crippen molar-refractivity contribution in [1.29, 1.82) is 0 Å². The lowest BCUT2D eigenvalue weighted by atomic mass is 9.90. The second-order valence-corrected chi connectivity index (χ2v) is 10.4. The Bertz CT molecular complexity index is 1840. The van der Waals surface area contributed by atoms with Crippen LogP contribution < -0.4 is 29.1 Å². The van der Waals surface area contributed by atoms with Crippen LogP contribution in [-0.4, -0.2) is 38.5 Å². The van der Waals surface area contributed by atoms with E-state index in [1.165, 1.54) is 11.3 Å². The summed E-state index contributed by atoms with van der Waals surface area (Å²) in [5, 5.41) is 1.84. The maximum atomic E-state index is 14.3. The van der Waals surface area contributed by atoms with Crippen LogP contribution in [0, 0.1) is 0 Å². The molecule has 0 spiro atoms. The highest BCUT2D eigenvalue weighted by molar-refractivity contribution is 7.07. The molecule has 8 nitrogen and oxygen atoms in total. The number of hydrogen-bond donors (Lipinski definition) is 0. The van der Waals surface area contributed by atoms with E-state index in [1.807, 2.05) is 49.4 Å². The van der Waals surface area contributed by atoms with Crippen molar-refractivity contribution in [2.24, 2.45) is 4.99 Å². The molecule has 4 aromatic rings. The Morgan fingerprint density at radius 3 is 2.46 bits per heavy atom. The van der Waals surface area contributed by atoms with E-state index in [-0.39, 0.29) is 12.2 Å². The molecular weight excluding hydrogens is 540 g/mol. The smallest absolute Gasteiger partial charge is 0.338 e. The summed E-state index contributed by atoms with van der Waals surface area (Å²) in [6, 6.07) is 16.3. The van der Waals surface area contributed by atoms with E-state index in [1.54, 1.807) is 51.0 Å². The molecule has 0 amide bonds. The highest BCUT2D eigenvalue weighted by atomic mass is 32.1. The van der Waals surface area contributed by atoms with Gasteiger partial charge in [0.05, 0.1) is 43.7 Å². The van der Waals surface area contributed by atoms with Crippen LogP contribution in [0.5, 0.6) is 17.2 Å². The van der Waals surface area contributed by atoms with Crippen LogP contribution in [0.25, 0.3) is 16.8 Å². The molecule has 1 aliphatic heterocycles. The molecule has 0 fully saturated rings. The van der Waals surface area contributed by atoms with Gasteiger partial charge in [0.1, 0.15) is 23.3 Å². The third-order valence-corrected chi connectivity index (χ3v) is 8.02. The summed E-state index contributed by atoms with van der Waals surface area (Å²) in [6.07, 6.45) is 3.08. The van der Waals surface area contributed by atoms with Crippen molar-refractivity contribution < 1.29 is 23.7 Å².